The normalized spacial score (nSPS) is 15.7. The Morgan fingerprint density at radius 1 is 1.04 bits per heavy atom. The Labute approximate surface area is 171 Å². The van der Waals surface area contributed by atoms with Gasteiger partial charge in [0.15, 0.2) is 0 Å². The van der Waals surface area contributed by atoms with E-state index in [0.29, 0.717) is 23.7 Å². The first-order valence-electron chi connectivity index (χ1n) is 10.0. The van der Waals surface area contributed by atoms with Gasteiger partial charge in [0.1, 0.15) is 6.04 Å². The predicted octanol–water partition coefficient (Wildman–Crippen LogP) is 2.91. The second-order valence-electron chi connectivity index (χ2n) is 7.59. The van der Waals surface area contributed by atoms with Crippen molar-refractivity contribution < 1.29 is 14.4 Å². The molecular formula is C21H30ClN3O3. The summed E-state index contributed by atoms with van der Waals surface area (Å²) in [6, 6.07) is 6.04. The van der Waals surface area contributed by atoms with Crippen molar-refractivity contribution in [1.82, 2.24) is 16.0 Å². The molecule has 0 aliphatic heterocycles. The van der Waals surface area contributed by atoms with Crippen molar-refractivity contribution in [2.75, 3.05) is 13.1 Å². The molecule has 0 spiro atoms. The highest BCUT2D eigenvalue weighted by Gasteiger charge is 2.25. The third kappa shape index (κ3) is 6.51. The van der Waals surface area contributed by atoms with Gasteiger partial charge in [0.25, 0.3) is 5.91 Å². The zero-order chi connectivity index (χ0) is 20.5. The fourth-order valence-electron chi connectivity index (χ4n) is 3.39. The van der Waals surface area contributed by atoms with E-state index in [0.717, 1.165) is 25.7 Å². The molecule has 1 saturated carbocycles. The van der Waals surface area contributed by atoms with Crippen molar-refractivity contribution in [2.45, 2.75) is 52.0 Å². The van der Waals surface area contributed by atoms with Gasteiger partial charge in [-0.15, -0.1) is 0 Å². The van der Waals surface area contributed by atoms with E-state index >= 15 is 0 Å². The number of benzene rings is 1. The largest absolute Gasteiger partial charge is 0.354 e. The van der Waals surface area contributed by atoms with Gasteiger partial charge in [-0.3, -0.25) is 14.4 Å². The maximum absolute atomic E-state index is 12.5. The molecule has 0 bridgehead atoms. The number of amides is 3. The molecule has 0 heterocycles. The van der Waals surface area contributed by atoms with Crippen molar-refractivity contribution in [3.63, 3.8) is 0 Å². The van der Waals surface area contributed by atoms with Gasteiger partial charge < -0.3 is 16.0 Å². The van der Waals surface area contributed by atoms with E-state index in [1.165, 1.54) is 6.42 Å². The number of nitrogens with one attached hydrogen (secondary N) is 3. The Bertz CT molecular complexity index is 687. The van der Waals surface area contributed by atoms with E-state index in [2.05, 4.69) is 16.0 Å². The molecule has 0 radical (unpaired) electrons. The molecule has 0 aromatic heterocycles. The van der Waals surface area contributed by atoms with Crippen molar-refractivity contribution in [3.8, 4) is 0 Å². The Kier molecular flexibility index (Phi) is 8.77. The maximum atomic E-state index is 12.5. The van der Waals surface area contributed by atoms with Gasteiger partial charge in [-0.25, -0.2) is 0 Å². The van der Waals surface area contributed by atoms with Crippen LogP contribution in [0, 0.1) is 11.8 Å². The molecule has 1 fully saturated rings. The highest BCUT2D eigenvalue weighted by Crippen LogP contribution is 2.23. The lowest BCUT2D eigenvalue weighted by Crippen LogP contribution is -2.51. The minimum Gasteiger partial charge on any atom is -0.354 e. The van der Waals surface area contributed by atoms with Crippen LogP contribution in [0.1, 0.15) is 56.3 Å². The van der Waals surface area contributed by atoms with Crippen LogP contribution in [-0.2, 0) is 9.59 Å². The first-order valence-corrected chi connectivity index (χ1v) is 10.4. The minimum atomic E-state index is -0.683. The predicted molar refractivity (Wildman–Crippen MR) is 110 cm³/mol. The summed E-state index contributed by atoms with van der Waals surface area (Å²) in [5, 5.41) is 8.78. The summed E-state index contributed by atoms with van der Waals surface area (Å²) in [6.07, 6.45) is 5.31. The molecule has 2 rings (SSSR count). The fraction of sp³-hybridized carbons (Fsp3) is 0.571. The first-order chi connectivity index (χ1) is 13.4. The average Bonchev–Trinajstić information content (AvgIpc) is 2.69. The third-order valence-electron chi connectivity index (χ3n) is 5.05. The zero-order valence-electron chi connectivity index (χ0n) is 16.6. The van der Waals surface area contributed by atoms with Crippen LogP contribution in [-0.4, -0.2) is 36.9 Å². The zero-order valence-corrected chi connectivity index (χ0v) is 17.3. The molecule has 1 aliphatic carbocycles. The first kappa shape index (κ1) is 22.2. The van der Waals surface area contributed by atoms with E-state index in [9.17, 15) is 14.4 Å². The summed E-state index contributed by atoms with van der Waals surface area (Å²) >= 11 is 6.06. The SMILES string of the molecule is CC(C)C(NC(=O)c1ccccc1Cl)C(=O)NCCNC(=O)C1CCCCC1. The van der Waals surface area contributed by atoms with Crippen LogP contribution in [0.2, 0.25) is 5.02 Å². The van der Waals surface area contributed by atoms with E-state index in [1.54, 1.807) is 24.3 Å². The molecule has 28 heavy (non-hydrogen) atoms. The molecule has 6 nitrogen and oxygen atoms in total. The maximum Gasteiger partial charge on any atom is 0.253 e. The smallest absolute Gasteiger partial charge is 0.253 e. The molecule has 0 saturated heterocycles. The second kappa shape index (κ2) is 11.1. The highest BCUT2D eigenvalue weighted by atomic mass is 35.5. The van der Waals surface area contributed by atoms with Crippen molar-refractivity contribution in [1.29, 1.82) is 0 Å². The number of halogens is 1. The molecule has 3 N–H and O–H groups in total. The topological polar surface area (TPSA) is 87.3 Å². The van der Waals surface area contributed by atoms with Gasteiger partial charge in [0.2, 0.25) is 11.8 Å². The van der Waals surface area contributed by atoms with Crippen LogP contribution >= 0.6 is 11.6 Å². The summed E-state index contributed by atoms with van der Waals surface area (Å²) in [5.74, 6) is -0.584. The van der Waals surface area contributed by atoms with Crippen LogP contribution in [0.5, 0.6) is 0 Å². The quantitative estimate of drug-likeness (QED) is 0.579. The highest BCUT2D eigenvalue weighted by molar-refractivity contribution is 6.33. The number of carbonyl (C=O) groups excluding carboxylic acids is 3. The lowest BCUT2D eigenvalue weighted by molar-refractivity contribution is -0.127. The fourth-order valence-corrected chi connectivity index (χ4v) is 3.61. The second-order valence-corrected chi connectivity index (χ2v) is 8.00. The molecular weight excluding hydrogens is 378 g/mol. The molecule has 154 valence electrons. The van der Waals surface area contributed by atoms with Crippen LogP contribution in [0.15, 0.2) is 24.3 Å². The van der Waals surface area contributed by atoms with Crippen molar-refractivity contribution >= 4 is 29.3 Å². The van der Waals surface area contributed by atoms with Crippen molar-refractivity contribution in [2.24, 2.45) is 11.8 Å². The van der Waals surface area contributed by atoms with E-state index in [-0.39, 0.29) is 29.6 Å². The van der Waals surface area contributed by atoms with Gasteiger partial charge in [0.05, 0.1) is 10.6 Å². The molecule has 7 heteroatoms. The third-order valence-corrected chi connectivity index (χ3v) is 5.38. The minimum absolute atomic E-state index is 0.0707. The Morgan fingerprint density at radius 3 is 2.32 bits per heavy atom. The van der Waals surface area contributed by atoms with Gasteiger partial charge in [0, 0.05) is 19.0 Å². The molecule has 1 aromatic carbocycles. The van der Waals surface area contributed by atoms with Crippen LogP contribution in [0.4, 0.5) is 0 Å². The standard InChI is InChI=1S/C21H30ClN3O3/c1-14(2)18(25-20(27)16-10-6-7-11-17(16)22)21(28)24-13-12-23-19(26)15-8-4-3-5-9-15/h6-7,10-11,14-15,18H,3-5,8-9,12-13H2,1-2H3,(H,23,26)(H,24,28)(H,25,27). The van der Waals surface area contributed by atoms with Gasteiger partial charge in [-0.2, -0.15) is 0 Å². The Balaban J connectivity index is 1.80. The number of carbonyl (C=O) groups is 3. The molecule has 1 unspecified atom stereocenters. The van der Waals surface area contributed by atoms with Crippen LogP contribution in [0.25, 0.3) is 0 Å². The summed E-state index contributed by atoms with van der Waals surface area (Å²) in [5.41, 5.74) is 0.336. The number of rotatable bonds is 8. The lowest BCUT2D eigenvalue weighted by atomic mass is 9.89. The van der Waals surface area contributed by atoms with Crippen LogP contribution in [0.3, 0.4) is 0 Å². The molecule has 3 amide bonds. The lowest BCUT2D eigenvalue weighted by Gasteiger charge is -2.23. The molecule has 1 atom stereocenters. The summed E-state index contributed by atoms with van der Waals surface area (Å²) in [6.45, 7) is 4.43. The van der Waals surface area contributed by atoms with E-state index < -0.39 is 6.04 Å². The number of hydrogen-bond donors (Lipinski definition) is 3. The van der Waals surface area contributed by atoms with Gasteiger partial charge in [-0.1, -0.05) is 56.8 Å². The Hall–Kier alpha value is -2.08. The van der Waals surface area contributed by atoms with Gasteiger partial charge >= 0.3 is 0 Å². The molecule has 1 aliphatic rings. The number of hydrogen-bond acceptors (Lipinski definition) is 3. The van der Waals surface area contributed by atoms with Crippen LogP contribution < -0.4 is 16.0 Å². The summed E-state index contributed by atoms with van der Waals surface area (Å²) in [4.78, 5) is 37.1. The Morgan fingerprint density at radius 2 is 1.68 bits per heavy atom. The summed E-state index contributed by atoms with van der Waals surface area (Å²) in [7, 11) is 0. The monoisotopic (exact) mass is 407 g/mol. The van der Waals surface area contributed by atoms with Gasteiger partial charge in [-0.05, 0) is 30.9 Å². The average molecular weight is 408 g/mol. The van der Waals surface area contributed by atoms with E-state index in [4.69, 9.17) is 11.6 Å². The molecule has 1 aromatic rings. The van der Waals surface area contributed by atoms with E-state index in [1.807, 2.05) is 13.8 Å². The van der Waals surface area contributed by atoms with Crippen molar-refractivity contribution in [3.05, 3.63) is 34.9 Å². The summed E-state index contributed by atoms with van der Waals surface area (Å²) < 4.78 is 0.